The molecule has 140 valence electrons. The lowest BCUT2D eigenvalue weighted by molar-refractivity contribution is 0.0704. The van der Waals surface area contributed by atoms with Gasteiger partial charge in [0.25, 0.3) is 0 Å². The highest BCUT2D eigenvalue weighted by Crippen LogP contribution is 2.20. The van der Waals surface area contributed by atoms with Gasteiger partial charge in [-0.1, -0.05) is 0 Å². The highest BCUT2D eigenvalue weighted by Gasteiger charge is 2.39. The van der Waals surface area contributed by atoms with Crippen molar-refractivity contribution in [1.82, 2.24) is 29.9 Å². The van der Waals surface area contributed by atoms with Crippen LogP contribution in [-0.4, -0.2) is 58.6 Å². The van der Waals surface area contributed by atoms with Crippen molar-refractivity contribution < 1.29 is 13.3 Å². The summed E-state index contributed by atoms with van der Waals surface area (Å²) in [5, 5.41) is 11.2. The van der Waals surface area contributed by atoms with Crippen LogP contribution >= 0.6 is 0 Å². The van der Waals surface area contributed by atoms with Gasteiger partial charge in [-0.15, -0.1) is 10.2 Å². The van der Waals surface area contributed by atoms with E-state index in [-0.39, 0.29) is 0 Å². The predicted octanol–water partition coefficient (Wildman–Crippen LogP) is 1.39. The third-order valence-electron chi connectivity index (χ3n) is 3.44. The summed E-state index contributed by atoms with van der Waals surface area (Å²) < 4.78 is 19.2. The lowest BCUT2D eigenvalue weighted by Crippen LogP contribution is -2.46. The number of H-pyrrole nitrogens is 1. The Kier molecular flexibility index (Phi) is 7.05. The summed E-state index contributed by atoms with van der Waals surface area (Å²) in [6.45, 7) is 9.92. The number of hydrogen-bond donors (Lipinski definition) is 2. The maximum absolute atomic E-state index is 5.95. The van der Waals surface area contributed by atoms with E-state index in [1.807, 2.05) is 27.7 Å². The van der Waals surface area contributed by atoms with Crippen LogP contribution in [0.15, 0.2) is 0 Å². The molecule has 0 fully saturated rings. The van der Waals surface area contributed by atoms with Crippen LogP contribution in [0.1, 0.15) is 33.0 Å². The van der Waals surface area contributed by atoms with Gasteiger partial charge in [-0.25, -0.2) is 9.67 Å². The summed E-state index contributed by atoms with van der Waals surface area (Å²) in [6.07, 6.45) is 0.756. The van der Waals surface area contributed by atoms with Gasteiger partial charge in [-0.05, 0) is 34.1 Å². The Morgan fingerprint density at radius 1 is 1.04 bits per heavy atom. The van der Waals surface area contributed by atoms with E-state index < -0.39 is 8.80 Å². The minimum Gasteiger partial charge on any atom is -0.374 e. The first kappa shape index (κ1) is 19.5. The largest absolute Gasteiger partial charge is 0.500 e. The minimum absolute atomic E-state index is 0.328. The number of nitrogen functional groups attached to an aromatic ring is 1. The number of nitrogens with zero attached hydrogens (tertiary/aromatic N) is 5. The van der Waals surface area contributed by atoms with E-state index in [0.717, 1.165) is 6.42 Å². The van der Waals surface area contributed by atoms with E-state index >= 15 is 0 Å². The number of aromatic nitrogens is 6. The summed E-state index contributed by atoms with van der Waals surface area (Å²) in [4.78, 5) is 8.43. The molecule has 2 heterocycles. The van der Waals surface area contributed by atoms with Crippen LogP contribution in [-0.2, 0) is 19.8 Å². The van der Waals surface area contributed by atoms with Crippen LogP contribution in [0.4, 0.5) is 5.95 Å². The zero-order valence-electron chi connectivity index (χ0n) is 15.3. The Morgan fingerprint density at radius 3 is 2.20 bits per heavy atom. The summed E-state index contributed by atoms with van der Waals surface area (Å²) >= 11 is 0. The molecule has 10 nitrogen and oxygen atoms in total. The van der Waals surface area contributed by atoms with E-state index in [9.17, 15) is 0 Å². The van der Waals surface area contributed by atoms with Crippen molar-refractivity contribution in [3.63, 3.8) is 0 Å². The molecular formula is C14H27N7O3Si. The number of anilines is 1. The molecular weight excluding hydrogens is 342 g/mol. The lowest BCUT2D eigenvalue weighted by Gasteiger charge is -2.28. The maximum Gasteiger partial charge on any atom is 0.500 e. The molecule has 0 aliphatic heterocycles. The van der Waals surface area contributed by atoms with E-state index in [0.29, 0.717) is 55.8 Å². The van der Waals surface area contributed by atoms with Gasteiger partial charge in [0.15, 0.2) is 0 Å². The third kappa shape index (κ3) is 5.08. The highest BCUT2D eigenvalue weighted by atomic mass is 28.4. The topological polar surface area (TPSA) is 126 Å². The molecule has 0 unspecified atom stereocenters. The zero-order chi connectivity index (χ0) is 18.3. The van der Waals surface area contributed by atoms with E-state index in [2.05, 4.69) is 25.3 Å². The Bertz CT molecular complexity index is 644. The van der Waals surface area contributed by atoms with Gasteiger partial charge in [0, 0.05) is 32.4 Å². The van der Waals surface area contributed by atoms with Crippen molar-refractivity contribution in [3.05, 3.63) is 5.82 Å². The second kappa shape index (κ2) is 9.04. The number of hydrogen-bond acceptors (Lipinski definition) is 8. The molecule has 0 saturated heterocycles. The van der Waals surface area contributed by atoms with Crippen LogP contribution in [0, 0.1) is 6.92 Å². The summed E-state index contributed by atoms with van der Waals surface area (Å²) in [6, 6.07) is 0.691. The molecule has 0 amide bonds. The average Bonchev–Trinajstić information content (AvgIpc) is 3.15. The Balaban J connectivity index is 2.01. The number of nitrogens with two attached hydrogens (primary N) is 1. The molecule has 2 aromatic rings. The van der Waals surface area contributed by atoms with Gasteiger partial charge in [-0.2, -0.15) is 4.98 Å². The molecule has 3 N–H and O–H groups in total. The molecule has 0 radical (unpaired) electrons. The van der Waals surface area contributed by atoms with Crippen LogP contribution in [0.3, 0.4) is 0 Å². The standard InChI is InChI=1S/C14H27N7O3Si/c1-5-22-25(23-6-2,24-7-3)10-8-9-21-14(15)17-13(20-21)12-16-11(4)18-19-12/h5-10H2,1-4H3,(H2,15,17,20)(H,16,18,19). The Labute approximate surface area is 148 Å². The number of aryl methyl sites for hydroxylation is 2. The van der Waals surface area contributed by atoms with Gasteiger partial charge < -0.3 is 19.0 Å². The maximum atomic E-state index is 5.95. The first-order valence-electron chi connectivity index (χ1n) is 8.55. The van der Waals surface area contributed by atoms with Gasteiger partial charge in [-0.3, -0.25) is 5.10 Å². The van der Waals surface area contributed by atoms with Crippen LogP contribution < -0.4 is 5.73 Å². The fraction of sp³-hybridized carbons (Fsp3) is 0.714. The average molecular weight is 370 g/mol. The van der Waals surface area contributed by atoms with Crippen LogP contribution in [0.25, 0.3) is 11.6 Å². The Morgan fingerprint density at radius 2 is 1.68 bits per heavy atom. The smallest absolute Gasteiger partial charge is 0.374 e. The summed E-state index contributed by atoms with van der Waals surface area (Å²) in [7, 11) is -2.65. The van der Waals surface area contributed by atoms with Crippen molar-refractivity contribution in [1.29, 1.82) is 0 Å². The van der Waals surface area contributed by atoms with Crippen molar-refractivity contribution >= 4 is 14.8 Å². The highest BCUT2D eigenvalue weighted by molar-refractivity contribution is 6.60. The zero-order valence-corrected chi connectivity index (χ0v) is 16.3. The second-order valence-electron chi connectivity index (χ2n) is 5.35. The molecule has 2 rings (SSSR count). The van der Waals surface area contributed by atoms with Gasteiger partial charge >= 0.3 is 8.80 Å². The summed E-state index contributed by atoms with van der Waals surface area (Å²) in [5.74, 6) is 1.87. The predicted molar refractivity (Wildman–Crippen MR) is 94.6 cm³/mol. The molecule has 0 aromatic carbocycles. The fourth-order valence-corrected chi connectivity index (χ4v) is 5.10. The van der Waals surface area contributed by atoms with E-state index in [1.54, 1.807) is 4.68 Å². The molecule has 11 heteroatoms. The minimum atomic E-state index is -2.65. The molecule has 0 bridgehead atoms. The van der Waals surface area contributed by atoms with Crippen molar-refractivity contribution in [2.45, 2.75) is 46.7 Å². The van der Waals surface area contributed by atoms with Crippen LogP contribution in [0.5, 0.6) is 0 Å². The normalized spacial score (nSPS) is 12.0. The molecule has 2 aromatic heterocycles. The van der Waals surface area contributed by atoms with Crippen molar-refractivity contribution in [2.24, 2.45) is 0 Å². The quantitative estimate of drug-likeness (QED) is 0.569. The molecule has 0 aliphatic rings. The number of nitrogens with one attached hydrogen (secondary N) is 1. The van der Waals surface area contributed by atoms with Gasteiger partial charge in [0.05, 0.1) is 0 Å². The van der Waals surface area contributed by atoms with Gasteiger partial charge in [0.2, 0.25) is 17.6 Å². The van der Waals surface area contributed by atoms with E-state index in [1.165, 1.54) is 0 Å². The number of rotatable bonds is 11. The Hall–Kier alpha value is -1.82. The molecule has 0 spiro atoms. The van der Waals surface area contributed by atoms with E-state index in [4.69, 9.17) is 19.0 Å². The SMILES string of the molecule is CCO[Si](CCCn1nc(-c2n[nH]c(C)n2)nc1N)(OCC)OCC. The van der Waals surface area contributed by atoms with Gasteiger partial charge in [0.1, 0.15) is 5.82 Å². The second-order valence-corrected chi connectivity index (χ2v) is 8.08. The lowest BCUT2D eigenvalue weighted by atomic mass is 10.5. The summed E-state index contributed by atoms with van der Waals surface area (Å²) in [5.41, 5.74) is 5.95. The monoisotopic (exact) mass is 369 g/mol. The first-order chi connectivity index (χ1) is 12.0. The molecule has 0 saturated carbocycles. The van der Waals surface area contributed by atoms with Crippen LogP contribution in [0.2, 0.25) is 6.04 Å². The molecule has 25 heavy (non-hydrogen) atoms. The molecule has 0 atom stereocenters. The molecule has 0 aliphatic carbocycles. The first-order valence-corrected chi connectivity index (χ1v) is 10.5. The third-order valence-corrected chi connectivity index (χ3v) is 6.59. The van der Waals surface area contributed by atoms with Crippen molar-refractivity contribution in [3.8, 4) is 11.6 Å². The number of aromatic amines is 1. The fourth-order valence-electron chi connectivity index (χ4n) is 2.50. The van der Waals surface area contributed by atoms with Crippen molar-refractivity contribution in [2.75, 3.05) is 25.6 Å².